The highest BCUT2D eigenvalue weighted by molar-refractivity contribution is 7.99. The predicted octanol–water partition coefficient (Wildman–Crippen LogP) is 4.37. The number of thioether (sulfide) groups is 1. The molecule has 0 radical (unpaired) electrons. The minimum atomic E-state index is -0.166. The number of hydrogen-bond donors (Lipinski definition) is 0. The van der Waals surface area contributed by atoms with Crippen LogP contribution in [0.4, 0.5) is 4.39 Å². The fourth-order valence-corrected chi connectivity index (χ4v) is 2.99. The third-order valence-corrected chi connectivity index (χ3v) is 4.28. The first-order chi connectivity index (χ1) is 7.78. The Morgan fingerprint density at radius 1 is 1.25 bits per heavy atom. The van der Waals surface area contributed by atoms with E-state index in [-0.39, 0.29) is 5.82 Å². The SMILES string of the molecule is CSC1CCC(/C=C/c2ccc(F)cc2)C1. The minimum Gasteiger partial charge on any atom is -0.207 e. The molecule has 0 spiro atoms. The van der Waals surface area contributed by atoms with Gasteiger partial charge in [0.05, 0.1) is 0 Å². The summed E-state index contributed by atoms with van der Waals surface area (Å²) in [7, 11) is 0. The van der Waals surface area contributed by atoms with E-state index in [4.69, 9.17) is 0 Å². The maximum absolute atomic E-state index is 12.7. The standard InChI is InChI=1S/C14H17FS/c1-16-14-9-6-12(10-14)3-2-11-4-7-13(15)8-5-11/h2-5,7-8,12,14H,6,9-10H2,1H3/b3-2+. The molecular weight excluding hydrogens is 219 g/mol. The maximum Gasteiger partial charge on any atom is 0.123 e. The predicted molar refractivity (Wildman–Crippen MR) is 70.1 cm³/mol. The highest BCUT2D eigenvalue weighted by atomic mass is 32.2. The van der Waals surface area contributed by atoms with Crippen LogP contribution in [0.1, 0.15) is 24.8 Å². The number of hydrogen-bond acceptors (Lipinski definition) is 1. The average molecular weight is 236 g/mol. The summed E-state index contributed by atoms with van der Waals surface area (Å²) in [4.78, 5) is 0. The highest BCUT2D eigenvalue weighted by Crippen LogP contribution is 2.33. The fourth-order valence-electron chi connectivity index (χ4n) is 2.18. The van der Waals surface area contributed by atoms with E-state index in [9.17, 15) is 4.39 Å². The van der Waals surface area contributed by atoms with Crippen molar-refractivity contribution in [2.45, 2.75) is 24.5 Å². The van der Waals surface area contributed by atoms with Crippen LogP contribution in [-0.2, 0) is 0 Å². The van der Waals surface area contributed by atoms with E-state index >= 15 is 0 Å². The molecule has 0 amide bonds. The molecule has 0 aromatic heterocycles. The molecule has 0 bridgehead atoms. The van der Waals surface area contributed by atoms with Gasteiger partial charge in [0.15, 0.2) is 0 Å². The molecule has 0 heterocycles. The summed E-state index contributed by atoms with van der Waals surface area (Å²) in [6.45, 7) is 0. The van der Waals surface area contributed by atoms with Crippen molar-refractivity contribution in [3.63, 3.8) is 0 Å². The van der Waals surface area contributed by atoms with Crippen LogP contribution in [0, 0.1) is 11.7 Å². The molecule has 2 heteroatoms. The Labute approximate surface area is 101 Å². The molecule has 1 aromatic carbocycles. The molecule has 2 unspecified atom stereocenters. The Morgan fingerprint density at radius 2 is 2.00 bits per heavy atom. The van der Waals surface area contributed by atoms with Crippen molar-refractivity contribution in [2.24, 2.45) is 5.92 Å². The van der Waals surface area contributed by atoms with Gasteiger partial charge in [-0.1, -0.05) is 24.3 Å². The zero-order valence-electron chi connectivity index (χ0n) is 9.53. The Bertz CT molecular complexity index is 356. The van der Waals surface area contributed by atoms with Crippen molar-refractivity contribution in [3.8, 4) is 0 Å². The second-order valence-electron chi connectivity index (χ2n) is 4.34. The summed E-state index contributed by atoms with van der Waals surface area (Å²) >= 11 is 1.98. The van der Waals surface area contributed by atoms with Gasteiger partial charge in [-0.05, 0) is 49.1 Å². The fraction of sp³-hybridized carbons (Fsp3) is 0.429. The summed E-state index contributed by atoms with van der Waals surface area (Å²) < 4.78 is 12.7. The molecule has 2 rings (SSSR count). The maximum atomic E-state index is 12.7. The van der Waals surface area contributed by atoms with E-state index in [2.05, 4.69) is 18.4 Å². The lowest BCUT2D eigenvalue weighted by atomic mass is 10.1. The number of rotatable bonds is 3. The second kappa shape index (κ2) is 5.53. The van der Waals surface area contributed by atoms with Crippen molar-refractivity contribution in [1.82, 2.24) is 0 Å². The number of benzene rings is 1. The molecule has 0 nitrogen and oxygen atoms in total. The Hall–Kier alpha value is -0.760. The average Bonchev–Trinajstić information content (AvgIpc) is 2.76. The van der Waals surface area contributed by atoms with Gasteiger partial charge in [-0.3, -0.25) is 0 Å². The van der Waals surface area contributed by atoms with Crippen molar-refractivity contribution < 1.29 is 4.39 Å². The molecule has 86 valence electrons. The summed E-state index contributed by atoms with van der Waals surface area (Å²) in [6.07, 6.45) is 10.5. The van der Waals surface area contributed by atoms with E-state index in [0.717, 1.165) is 10.8 Å². The van der Waals surface area contributed by atoms with Crippen LogP contribution in [0.2, 0.25) is 0 Å². The van der Waals surface area contributed by atoms with E-state index in [0.29, 0.717) is 5.92 Å². The van der Waals surface area contributed by atoms with Gasteiger partial charge in [0.1, 0.15) is 5.82 Å². The van der Waals surface area contributed by atoms with E-state index in [1.807, 2.05) is 23.9 Å². The first kappa shape index (κ1) is 11.7. The molecule has 1 aliphatic rings. The van der Waals surface area contributed by atoms with Crippen LogP contribution in [-0.4, -0.2) is 11.5 Å². The molecule has 2 atom stereocenters. The second-order valence-corrected chi connectivity index (χ2v) is 5.48. The van der Waals surface area contributed by atoms with Gasteiger partial charge >= 0.3 is 0 Å². The van der Waals surface area contributed by atoms with Crippen LogP contribution >= 0.6 is 11.8 Å². The van der Waals surface area contributed by atoms with Crippen LogP contribution in [0.25, 0.3) is 6.08 Å². The topological polar surface area (TPSA) is 0 Å². The third kappa shape index (κ3) is 3.11. The molecule has 16 heavy (non-hydrogen) atoms. The highest BCUT2D eigenvalue weighted by Gasteiger charge is 2.21. The Morgan fingerprint density at radius 3 is 2.62 bits per heavy atom. The van der Waals surface area contributed by atoms with Crippen LogP contribution in [0.5, 0.6) is 0 Å². The van der Waals surface area contributed by atoms with E-state index in [1.54, 1.807) is 0 Å². The first-order valence-corrected chi connectivity index (χ1v) is 7.03. The van der Waals surface area contributed by atoms with Crippen LogP contribution < -0.4 is 0 Å². The quantitative estimate of drug-likeness (QED) is 0.751. The van der Waals surface area contributed by atoms with E-state index in [1.165, 1.54) is 31.4 Å². The van der Waals surface area contributed by atoms with Crippen molar-refractivity contribution >= 4 is 17.8 Å². The van der Waals surface area contributed by atoms with Gasteiger partial charge in [-0.25, -0.2) is 4.39 Å². The molecule has 0 N–H and O–H groups in total. The molecule has 1 aromatic rings. The van der Waals surface area contributed by atoms with Crippen molar-refractivity contribution in [2.75, 3.05) is 6.26 Å². The summed E-state index contributed by atoms with van der Waals surface area (Å²) in [5.41, 5.74) is 1.09. The molecular formula is C14H17FS. The summed E-state index contributed by atoms with van der Waals surface area (Å²) in [5.74, 6) is 0.544. The number of halogens is 1. The Balaban J connectivity index is 1.92. The minimum absolute atomic E-state index is 0.166. The van der Waals surface area contributed by atoms with Gasteiger partial charge in [0.2, 0.25) is 0 Å². The van der Waals surface area contributed by atoms with Crippen LogP contribution in [0.3, 0.4) is 0 Å². The summed E-state index contributed by atoms with van der Waals surface area (Å²) in [6, 6.07) is 6.68. The molecule has 0 aliphatic heterocycles. The van der Waals surface area contributed by atoms with Gasteiger partial charge in [0.25, 0.3) is 0 Å². The smallest absolute Gasteiger partial charge is 0.123 e. The third-order valence-electron chi connectivity index (χ3n) is 3.19. The summed E-state index contributed by atoms with van der Waals surface area (Å²) in [5, 5.41) is 0.836. The van der Waals surface area contributed by atoms with E-state index < -0.39 is 0 Å². The zero-order valence-corrected chi connectivity index (χ0v) is 10.3. The molecule has 1 saturated carbocycles. The Kier molecular flexibility index (Phi) is 4.05. The first-order valence-electron chi connectivity index (χ1n) is 5.74. The molecule has 0 saturated heterocycles. The van der Waals surface area contributed by atoms with Gasteiger partial charge in [-0.15, -0.1) is 0 Å². The zero-order chi connectivity index (χ0) is 11.4. The normalized spacial score (nSPS) is 25.4. The molecule has 1 fully saturated rings. The van der Waals surface area contributed by atoms with Gasteiger partial charge < -0.3 is 0 Å². The molecule has 1 aliphatic carbocycles. The van der Waals surface area contributed by atoms with Crippen molar-refractivity contribution in [1.29, 1.82) is 0 Å². The lowest BCUT2D eigenvalue weighted by Gasteiger charge is -2.04. The van der Waals surface area contributed by atoms with Crippen molar-refractivity contribution in [3.05, 3.63) is 41.7 Å². The largest absolute Gasteiger partial charge is 0.207 e. The lowest BCUT2D eigenvalue weighted by molar-refractivity contribution is 0.627. The van der Waals surface area contributed by atoms with Gasteiger partial charge in [0, 0.05) is 5.25 Å². The monoisotopic (exact) mass is 236 g/mol. The number of allylic oxidation sites excluding steroid dienone is 1. The lowest BCUT2D eigenvalue weighted by Crippen LogP contribution is -1.94. The van der Waals surface area contributed by atoms with Crippen LogP contribution in [0.15, 0.2) is 30.3 Å². The van der Waals surface area contributed by atoms with Gasteiger partial charge in [-0.2, -0.15) is 11.8 Å².